The third-order valence-corrected chi connectivity index (χ3v) is 2.32. The van der Waals surface area contributed by atoms with Gasteiger partial charge >= 0.3 is 5.97 Å². The first-order valence-electron chi connectivity index (χ1n) is 5.69. The van der Waals surface area contributed by atoms with Crippen molar-refractivity contribution in [1.82, 2.24) is 14.8 Å². The number of pyridine rings is 1. The van der Waals surface area contributed by atoms with Gasteiger partial charge in [0.2, 0.25) is 5.88 Å². The molecule has 19 heavy (non-hydrogen) atoms. The molecule has 0 saturated heterocycles. The van der Waals surface area contributed by atoms with Crippen molar-refractivity contribution >= 4 is 5.97 Å². The van der Waals surface area contributed by atoms with E-state index < -0.39 is 11.8 Å². The zero-order valence-electron chi connectivity index (χ0n) is 10.2. The van der Waals surface area contributed by atoms with Crippen molar-refractivity contribution in [2.24, 2.45) is 0 Å². The molecule has 0 unspecified atom stereocenters. The molecule has 0 saturated carbocycles. The van der Waals surface area contributed by atoms with E-state index in [0.717, 1.165) is 25.2 Å². The van der Waals surface area contributed by atoms with Gasteiger partial charge in [-0.15, -0.1) is 0 Å². The molecule has 0 aliphatic carbocycles. The standard InChI is InChI=1S/C12H12FN3O3/c1-2-3-16-7-9(6-15-16)19-11-10(12(17)18)4-8(13)5-14-11/h4-7H,2-3H2,1H3,(H,17,18). The van der Waals surface area contributed by atoms with Gasteiger partial charge < -0.3 is 9.84 Å². The van der Waals surface area contributed by atoms with E-state index in [2.05, 4.69) is 10.1 Å². The van der Waals surface area contributed by atoms with E-state index in [1.54, 1.807) is 10.9 Å². The highest BCUT2D eigenvalue weighted by Crippen LogP contribution is 2.23. The van der Waals surface area contributed by atoms with Crippen LogP contribution in [0.4, 0.5) is 4.39 Å². The molecular weight excluding hydrogens is 253 g/mol. The minimum atomic E-state index is -1.30. The molecule has 0 aliphatic heterocycles. The zero-order chi connectivity index (χ0) is 13.8. The molecule has 1 N–H and O–H groups in total. The number of aryl methyl sites for hydroxylation is 1. The van der Waals surface area contributed by atoms with E-state index in [1.807, 2.05) is 6.92 Å². The molecule has 6 nitrogen and oxygen atoms in total. The number of hydrogen-bond acceptors (Lipinski definition) is 4. The van der Waals surface area contributed by atoms with E-state index in [-0.39, 0.29) is 11.4 Å². The Morgan fingerprint density at radius 1 is 1.53 bits per heavy atom. The number of aromatic nitrogens is 3. The molecule has 100 valence electrons. The fourth-order valence-electron chi connectivity index (χ4n) is 1.52. The third-order valence-electron chi connectivity index (χ3n) is 2.32. The van der Waals surface area contributed by atoms with E-state index in [1.165, 1.54) is 6.20 Å². The minimum Gasteiger partial charge on any atom is -0.477 e. The average Bonchev–Trinajstić information content (AvgIpc) is 2.79. The summed E-state index contributed by atoms with van der Waals surface area (Å²) in [5, 5.41) is 13.0. The van der Waals surface area contributed by atoms with Gasteiger partial charge in [-0.05, 0) is 12.5 Å². The van der Waals surface area contributed by atoms with Gasteiger partial charge in [0.25, 0.3) is 0 Å². The number of carboxylic acids is 1. The summed E-state index contributed by atoms with van der Waals surface area (Å²) < 4.78 is 19.9. The van der Waals surface area contributed by atoms with E-state index in [0.29, 0.717) is 5.75 Å². The molecule has 2 aromatic heterocycles. The lowest BCUT2D eigenvalue weighted by Crippen LogP contribution is -2.02. The van der Waals surface area contributed by atoms with Crippen LogP contribution in [0.25, 0.3) is 0 Å². The Hall–Kier alpha value is -2.44. The van der Waals surface area contributed by atoms with Crippen LogP contribution in [0.1, 0.15) is 23.7 Å². The SMILES string of the molecule is CCCn1cc(Oc2ncc(F)cc2C(=O)O)cn1. The lowest BCUT2D eigenvalue weighted by atomic mass is 10.3. The summed E-state index contributed by atoms with van der Waals surface area (Å²) in [6.45, 7) is 2.73. The number of nitrogens with zero attached hydrogens (tertiary/aromatic N) is 3. The molecule has 0 amide bonds. The molecule has 2 rings (SSSR count). The van der Waals surface area contributed by atoms with Gasteiger partial charge in [0, 0.05) is 6.54 Å². The lowest BCUT2D eigenvalue weighted by Gasteiger charge is -2.05. The van der Waals surface area contributed by atoms with Crippen molar-refractivity contribution in [2.45, 2.75) is 19.9 Å². The fourth-order valence-corrected chi connectivity index (χ4v) is 1.52. The second-order valence-corrected chi connectivity index (χ2v) is 3.85. The summed E-state index contributed by atoms with van der Waals surface area (Å²) in [5.74, 6) is -1.84. The van der Waals surface area contributed by atoms with Gasteiger partial charge in [0.1, 0.15) is 11.4 Å². The number of carbonyl (C=O) groups is 1. The second-order valence-electron chi connectivity index (χ2n) is 3.85. The maximum absolute atomic E-state index is 13.0. The molecule has 2 aromatic rings. The van der Waals surface area contributed by atoms with Crippen LogP contribution in [0.2, 0.25) is 0 Å². The van der Waals surface area contributed by atoms with Crippen molar-refractivity contribution in [1.29, 1.82) is 0 Å². The predicted octanol–water partition coefficient (Wildman–Crippen LogP) is 2.32. The van der Waals surface area contributed by atoms with Gasteiger partial charge in [0.15, 0.2) is 5.75 Å². The van der Waals surface area contributed by atoms with Gasteiger partial charge in [0.05, 0.1) is 18.6 Å². The summed E-state index contributed by atoms with van der Waals surface area (Å²) in [5.41, 5.74) is -0.330. The van der Waals surface area contributed by atoms with Crippen molar-refractivity contribution in [3.8, 4) is 11.6 Å². The van der Waals surface area contributed by atoms with E-state index >= 15 is 0 Å². The van der Waals surface area contributed by atoms with Crippen LogP contribution < -0.4 is 4.74 Å². The number of carboxylic acid groups (broad SMARTS) is 1. The molecule has 0 atom stereocenters. The molecule has 2 heterocycles. The van der Waals surface area contributed by atoms with Crippen LogP contribution in [0.15, 0.2) is 24.7 Å². The number of ether oxygens (including phenoxy) is 1. The monoisotopic (exact) mass is 265 g/mol. The highest BCUT2D eigenvalue weighted by atomic mass is 19.1. The minimum absolute atomic E-state index is 0.162. The zero-order valence-corrected chi connectivity index (χ0v) is 10.2. The first-order chi connectivity index (χ1) is 9.10. The lowest BCUT2D eigenvalue weighted by molar-refractivity contribution is 0.0692. The van der Waals surface area contributed by atoms with Gasteiger partial charge in [-0.3, -0.25) is 4.68 Å². The smallest absolute Gasteiger partial charge is 0.341 e. The molecule has 0 spiro atoms. The average molecular weight is 265 g/mol. The van der Waals surface area contributed by atoms with Gasteiger partial charge in [-0.1, -0.05) is 6.92 Å². The molecule has 0 bridgehead atoms. The van der Waals surface area contributed by atoms with Gasteiger partial charge in [-0.2, -0.15) is 5.10 Å². The number of hydrogen-bond donors (Lipinski definition) is 1. The predicted molar refractivity (Wildman–Crippen MR) is 63.7 cm³/mol. The summed E-state index contributed by atoms with van der Waals surface area (Å²) in [4.78, 5) is 14.6. The maximum Gasteiger partial charge on any atom is 0.341 e. The second kappa shape index (κ2) is 5.47. The summed E-state index contributed by atoms with van der Waals surface area (Å²) in [6, 6.07) is 0.862. The Morgan fingerprint density at radius 2 is 2.32 bits per heavy atom. The van der Waals surface area contributed by atoms with Crippen molar-refractivity contribution in [2.75, 3.05) is 0 Å². The number of aromatic carboxylic acids is 1. The molecule has 0 radical (unpaired) electrons. The summed E-state index contributed by atoms with van der Waals surface area (Å²) in [7, 11) is 0. The Morgan fingerprint density at radius 3 is 3.00 bits per heavy atom. The fraction of sp³-hybridized carbons (Fsp3) is 0.250. The first-order valence-corrected chi connectivity index (χ1v) is 5.69. The molecule has 7 heteroatoms. The van der Waals surface area contributed by atoms with Crippen molar-refractivity contribution in [3.05, 3.63) is 36.0 Å². The number of rotatable bonds is 5. The Balaban J connectivity index is 2.24. The molecule has 0 aliphatic rings. The highest BCUT2D eigenvalue weighted by molar-refractivity contribution is 5.90. The van der Waals surface area contributed by atoms with Gasteiger partial charge in [-0.25, -0.2) is 14.2 Å². The molecular formula is C12H12FN3O3. The van der Waals surface area contributed by atoms with Crippen LogP contribution in [-0.4, -0.2) is 25.8 Å². The first kappa shape index (κ1) is 13.0. The maximum atomic E-state index is 13.0. The van der Waals surface area contributed by atoms with Crippen LogP contribution in [0, 0.1) is 5.82 Å². The van der Waals surface area contributed by atoms with E-state index in [9.17, 15) is 9.18 Å². The highest BCUT2D eigenvalue weighted by Gasteiger charge is 2.15. The van der Waals surface area contributed by atoms with Crippen LogP contribution in [0.3, 0.4) is 0 Å². The van der Waals surface area contributed by atoms with Crippen LogP contribution in [0.5, 0.6) is 11.6 Å². The third kappa shape index (κ3) is 3.06. The Bertz CT molecular complexity index is 598. The normalized spacial score (nSPS) is 10.4. The Kier molecular flexibility index (Phi) is 3.74. The topological polar surface area (TPSA) is 77.2 Å². The Labute approximate surface area is 108 Å². The summed E-state index contributed by atoms with van der Waals surface area (Å²) >= 11 is 0. The van der Waals surface area contributed by atoms with Crippen molar-refractivity contribution < 1.29 is 19.0 Å². The largest absolute Gasteiger partial charge is 0.477 e. The summed E-state index contributed by atoms with van der Waals surface area (Å²) in [6.07, 6.45) is 4.89. The quantitative estimate of drug-likeness (QED) is 0.897. The number of halogens is 1. The van der Waals surface area contributed by atoms with E-state index in [4.69, 9.17) is 9.84 Å². The van der Waals surface area contributed by atoms with Crippen molar-refractivity contribution in [3.63, 3.8) is 0 Å². The van der Waals surface area contributed by atoms with Crippen LogP contribution in [-0.2, 0) is 6.54 Å². The van der Waals surface area contributed by atoms with Crippen LogP contribution >= 0.6 is 0 Å². The molecule has 0 fully saturated rings. The molecule has 0 aromatic carbocycles.